The summed E-state index contributed by atoms with van der Waals surface area (Å²) in [6, 6.07) is 7.45. The number of rotatable bonds is 4. The van der Waals surface area contributed by atoms with Crippen LogP contribution in [0.3, 0.4) is 0 Å². The van der Waals surface area contributed by atoms with Crippen molar-refractivity contribution in [1.82, 2.24) is 4.72 Å². The Morgan fingerprint density at radius 1 is 1.24 bits per heavy atom. The van der Waals surface area contributed by atoms with Crippen molar-refractivity contribution in [2.75, 3.05) is 7.11 Å². The highest BCUT2D eigenvalue weighted by atomic mass is 32.2. The number of hydrogen-bond donors (Lipinski definition) is 1. The van der Waals surface area contributed by atoms with Crippen LogP contribution in [0.5, 0.6) is 5.75 Å². The van der Waals surface area contributed by atoms with E-state index >= 15 is 0 Å². The zero-order chi connectivity index (χ0) is 15.0. The molecule has 3 rings (SSSR count). The molecule has 1 atom stereocenters. The molecule has 1 N–H and O–H groups in total. The number of carbonyl (C=O) groups is 1. The first-order chi connectivity index (χ1) is 10.0. The Kier molecular flexibility index (Phi) is 3.56. The van der Waals surface area contributed by atoms with Gasteiger partial charge in [-0.05, 0) is 41.3 Å². The summed E-state index contributed by atoms with van der Waals surface area (Å²) >= 11 is 1.35. The van der Waals surface area contributed by atoms with Crippen LogP contribution in [0.25, 0.3) is 0 Å². The van der Waals surface area contributed by atoms with Gasteiger partial charge in [0, 0.05) is 6.42 Å². The van der Waals surface area contributed by atoms with Crippen molar-refractivity contribution in [3.05, 3.63) is 46.2 Å². The monoisotopic (exact) mass is 323 g/mol. The second kappa shape index (κ2) is 5.25. The molecule has 21 heavy (non-hydrogen) atoms. The van der Waals surface area contributed by atoms with Gasteiger partial charge in [0.2, 0.25) is 10.0 Å². The highest BCUT2D eigenvalue weighted by molar-refractivity contribution is 7.89. The molecule has 110 valence electrons. The van der Waals surface area contributed by atoms with E-state index in [1.165, 1.54) is 30.6 Å². The number of thiophene rings is 1. The fraction of sp³-hybridized carbons (Fsp3) is 0.214. The Balaban J connectivity index is 1.85. The van der Waals surface area contributed by atoms with E-state index in [0.717, 1.165) is 5.56 Å². The standard InChI is InChI=1S/C14H13NO4S2/c1-19-9-2-4-10(5-3-9)21(17,18)15-12-8-13(16)14-11(12)6-7-20-14/h2-7,12,15H,8H2,1H3. The van der Waals surface area contributed by atoms with Crippen molar-refractivity contribution < 1.29 is 17.9 Å². The van der Waals surface area contributed by atoms with Gasteiger partial charge in [-0.25, -0.2) is 13.1 Å². The number of benzene rings is 1. The van der Waals surface area contributed by atoms with Crippen molar-refractivity contribution in [1.29, 1.82) is 0 Å². The first-order valence-electron chi connectivity index (χ1n) is 6.28. The third kappa shape index (κ3) is 2.59. The zero-order valence-corrected chi connectivity index (χ0v) is 12.8. The lowest BCUT2D eigenvalue weighted by molar-refractivity contribution is 0.0991. The SMILES string of the molecule is COc1ccc(S(=O)(=O)NC2CC(=O)c3sccc32)cc1. The molecule has 1 aromatic carbocycles. The van der Waals surface area contributed by atoms with Crippen LogP contribution < -0.4 is 9.46 Å². The van der Waals surface area contributed by atoms with Crippen molar-refractivity contribution >= 4 is 27.1 Å². The molecular formula is C14H13NO4S2. The number of ketones is 1. The molecule has 0 saturated carbocycles. The third-order valence-electron chi connectivity index (χ3n) is 3.38. The van der Waals surface area contributed by atoms with Crippen LogP contribution in [0.2, 0.25) is 0 Å². The van der Waals surface area contributed by atoms with Crippen molar-refractivity contribution in [2.24, 2.45) is 0 Å². The number of sulfonamides is 1. The second-order valence-corrected chi connectivity index (χ2v) is 7.31. The van der Waals surface area contributed by atoms with Crippen molar-refractivity contribution in [2.45, 2.75) is 17.4 Å². The summed E-state index contributed by atoms with van der Waals surface area (Å²) in [5.74, 6) is 0.576. The molecule has 1 aromatic heterocycles. The van der Waals surface area contributed by atoms with Crippen LogP contribution in [-0.4, -0.2) is 21.3 Å². The molecule has 5 nitrogen and oxygen atoms in total. The van der Waals surface area contributed by atoms with Crippen LogP contribution in [0.15, 0.2) is 40.6 Å². The maximum atomic E-state index is 12.4. The number of hydrogen-bond acceptors (Lipinski definition) is 5. The van der Waals surface area contributed by atoms with Crippen LogP contribution in [0.1, 0.15) is 27.7 Å². The summed E-state index contributed by atoms with van der Waals surface area (Å²) in [5.41, 5.74) is 0.766. The zero-order valence-electron chi connectivity index (χ0n) is 11.2. The Hall–Kier alpha value is -1.70. The number of methoxy groups -OCH3 is 1. The summed E-state index contributed by atoms with van der Waals surface area (Å²) in [6.45, 7) is 0. The van der Waals surface area contributed by atoms with E-state index in [1.807, 2.05) is 0 Å². The molecule has 0 bridgehead atoms. The molecule has 0 aliphatic heterocycles. The van der Waals surface area contributed by atoms with Crippen LogP contribution in [0, 0.1) is 0 Å². The number of nitrogens with one attached hydrogen (secondary N) is 1. The average molecular weight is 323 g/mol. The van der Waals surface area contributed by atoms with E-state index < -0.39 is 16.1 Å². The van der Waals surface area contributed by atoms with Crippen LogP contribution in [0.4, 0.5) is 0 Å². The average Bonchev–Trinajstić information content (AvgIpc) is 3.05. The molecule has 0 radical (unpaired) electrons. The first-order valence-corrected chi connectivity index (χ1v) is 8.64. The second-order valence-electron chi connectivity index (χ2n) is 4.68. The van der Waals surface area contributed by atoms with E-state index in [9.17, 15) is 13.2 Å². The summed E-state index contributed by atoms with van der Waals surface area (Å²) in [4.78, 5) is 12.6. The molecule has 0 amide bonds. The summed E-state index contributed by atoms with van der Waals surface area (Å²) < 4.78 is 32.3. The minimum atomic E-state index is -3.67. The van der Waals surface area contributed by atoms with Gasteiger partial charge in [0.05, 0.1) is 22.9 Å². The minimum Gasteiger partial charge on any atom is -0.497 e. The maximum absolute atomic E-state index is 12.4. The quantitative estimate of drug-likeness (QED) is 0.937. The highest BCUT2D eigenvalue weighted by Gasteiger charge is 2.33. The predicted molar refractivity (Wildman–Crippen MR) is 79.3 cm³/mol. The molecular weight excluding hydrogens is 310 g/mol. The lowest BCUT2D eigenvalue weighted by Crippen LogP contribution is -2.27. The van der Waals surface area contributed by atoms with Gasteiger partial charge in [-0.1, -0.05) is 0 Å². The molecule has 2 aromatic rings. The van der Waals surface area contributed by atoms with E-state index in [4.69, 9.17) is 4.74 Å². The van der Waals surface area contributed by atoms with E-state index in [2.05, 4.69) is 4.72 Å². The van der Waals surface area contributed by atoms with Gasteiger partial charge >= 0.3 is 0 Å². The van der Waals surface area contributed by atoms with Gasteiger partial charge in [-0.3, -0.25) is 4.79 Å². The number of ether oxygens (including phenoxy) is 1. The third-order valence-corrected chi connectivity index (χ3v) is 5.84. The first kappa shape index (κ1) is 14.2. The summed E-state index contributed by atoms with van der Waals surface area (Å²) in [6.07, 6.45) is 0.178. The summed E-state index contributed by atoms with van der Waals surface area (Å²) in [7, 11) is -2.15. The fourth-order valence-corrected chi connectivity index (χ4v) is 4.45. The number of fused-ring (bicyclic) bond motifs is 1. The van der Waals surface area contributed by atoms with E-state index in [-0.39, 0.29) is 17.1 Å². The molecule has 1 aliphatic carbocycles. The topological polar surface area (TPSA) is 72.5 Å². The lowest BCUT2D eigenvalue weighted by Gasteiger charge is -2.13. The highest BCUT2D eigenvalue weighted by Crippen LogP contribution is 2.35. The van der Waals surface area contributed by atoms with Crippen molar-refractivity contribution in [3.63, 3.8) is 0 Å². The number of Topliss-reactive ketones (excluding diaryl/α,β-unsaturated/α-hetero) is 1. The van der Waals surface area contributed by atoms with Crippen LogP contribution >= 0.6 is 11.3 Å². The Morgan fingerprint density at radius 3 is 2.62 bits per heavy atom. The van der Waals surface area contributed by atoms with Gasteiger partial charge in [-0.15, -0.1) is 11.3 Å². The van der Waals surface area contributed by atoms with Crippen LogP contribution in [-0.2, 0) is 10.0 Å². The lowest BCUT2D eigenvalue weighted by atomic mass is 10.2. The Bertz CT molecular complexity index is 778. The van der Waals surface area contributed by atoms with Crippen molar-refractivity contribution in [3.8, 4) is 5.75 Å². The van der Waals surface area contributed by atoms with Gasteiger partial charge in [0.25, 0.3) is 0 Å². The van der Waals surface area contributed by atoms with Gasteiger partial charge in [0.1, 0.15) is 5.75 Å². The fourth-order valence-electron chi connectivity index (χ4n) is 2.32. The molecule has 1 heterocycles. The Morgan fingerprint density at radius 2 is 1.95 bits per heavy atom. The normalized spacial score (nSPS) is 17.8. The van der Waals surface area contributed by atoms with E-state index in [1.54, 1.807) is 23.6 Å². The summed E-state index contributed by atoms with van der Waals surface area (Å²) in [5, 5.41) is 1.80. The smallest absolute Gasteiger partial charge is 0.241 e. The molecule has 0 saturated heterocycles. The molecule has 0 spiro atoms. The molecule has 0 fully saturated rings. The molecule has 1 unspecified atom stereocenters. The minimum absolute atomic E-state index is 0.0116. The number of carbonyl (C=O) groups excluding carboxylic acids is 1. The molecule has 7 heteroatoms. The maximum Gasteiger partial charge on any atom is 0.241 e. The molecule has 1 aliphatic rings. The predicted octanol–water partition coefficient (Wildman–Crippen LogP) is 2.36. The van der Waals surface area contributed by atoms with E-state index in [0.29, 0.717) is 10.6 Å². The van der Waals surface area contributed by atoms with Gasteiger partial charge in [-0.2, -0.15) is 0 Å². The Labute approximate surface area is 126 Å². The largest absolute Gasteiger partial charge is 0.497 e. The van der Waals surface area contributed by atoms with Gasteiger partial charge in [0.15, 0.2) is 5.78 Å². The van der Waals surface area contributed by atoms with Gasteiger partial charge < -0.3 is 4.74 Å².